The molecule has 0 radical (unpaired) electrons. The quantitative estimate of drug-likeness (QED) is 0.842. The van der Waals surface area contributed by atoms with Crippen LogP contribution in [0.4, 0.5) is 5.82 Å². The predicted molar refractivity (Wildman–Crippen MR) is 106 cm³/mol. The highest BCUT2D eigenvalue weighted by Crippen LogP contribution is 2.31. The van der Waals surface area contributed by atoms with Crippen LogP contribution in [-0.4, -0.2) is 56.9 Å². The molecule has 26 heavy (non-hydrogen) atoms. The van der Waals surface area contributed by atoms with Crippen molar-refractivity contribution < 1.29 is 0 Å². The summed E-state index contributed by atoms with van der Waals surface area (Å²) >= 11 is 0. The van der Waals surface area contributed by atoms with Crippen LogP contribution in [0.2, 0.25) is 0 Å². The van der Waals surface area contributed by atoms with Crippen LogP contribution >= 0.6 is 0 Å². The van der Waals surface area contributed by atoms with Crippen molar-refractivity contribution in [3.8, 4) is 0 Å². The normalized spacial score (nSPS) is 21.2. The van der Waals surface area contributed by atoms with Gasteiger partial charge in [0.05, 0.1) is 11.6 Å². The van der Waals surface area contributed by atoms with Gasteiger partial charge in [-0.05, 0) is 51.6 Å². The van der Waals surface area contributed by atoms with Gasteiger partial charge in [0, 0.05) is 32.1 Å². The van der Waals surface area contributed by atoms with Crippen molar-refractivity contribution in [3.05, 3.63) is 12.0 Å². The molecule has 4 heterocycles. The standard InChI is InChI=1S/C20H32N6/c1-14(2)18-22-19-17(13-21-24(19)4)20(23-18)26-11-7-16(8-12-26)15(3)25-9-5-6-10-25/h13-16H,5-12H2,1-4H3/t15-/m0/s1. The van der Waals surface area contributed by atoms with E-state index in [1.165, 1.54) is 38.8 Å². The van der Waals surface area contributed by atoms with E-state index in [1.54, 1.807) is 0 Å². The average Bonchev–Trinajstić information content (AvgIpc) is 3.31. The number of fused-ring (bicyclic) bond motifs is 1. The molecule has 1 atom stereocenters. The number of piperidine rings is 1. The lowest BCUT2D eigenvalue weighted by Gasteiger charge is -2.39. The van der Waals surface area contributed by atoms with E-state index < -0.39 is 0 Å². The molecule has 0 aliphatic carbocycles. The molecule has 0 N–H and O–H groups in total. The Morgan fingerprint density at radius 3 is 2.35 bits per heavy atom. The summed E-state index contributed by atoms with van der Waals surface area (Å²) in [7, 11) is 1.97. The van der Waals surface area contributed by atoms with E-state index in [-0.39, 0.29) is 0 Å². The van der Waals surface area contributed by atoms with Gasteiger partial charge in [-0.15, -0.1) is 0 Å². The number of likely N-dealkylation sites (tertiary alicyclic amines) is 1. The minimum Gasteiger partial charge on any atom is -0.356 e. The van der Waals surface area contributed by atoms with Gasteiger partial charge >= 0.3 is 0 Å². The first-order valence-corrected chi connectivity index (χ1v) is 10.2. The number of hydrogen-bond acceptors (Lipinski definition) is 5. The highest BCUT2D eigenvalue weighted by molar-refractivity contribution is 5.87. The molecule has 2 aliphatic rings. The number of nitrogens with zero attached hydrogens (tertiary/aromatic N) is 6. The Kier molecular flexibility index (Phi) is 4.86. The van der Waals surface area contributed by atoms with Crippen molar-refractivity contribution in [3.63, 3.8) is 0 Å². The Balaban J connectivity index is 1.53. The van der Waals surface area contributed by atoms with E-state index in [0.29, 0.717) is 5.92 Å². The van der Waals surface area contributed by atoms with Gasteiger partial charge in [0.25, 0.3) is 0 Å². The van der Waals surface area contributed by atoms with Crippen LogP contribution in [0.3, 0.4) is 0 Å². The summed E-state index contributed by atoms with van der Waals surface area (Å²) in [6.07, 6.45) is 7.18. The highest BCUT2D eigenvalue weighted by atomic mass is 15.3. The van der Waals surface area contributed by atoms with E-state index in [1.807, 2.05) is 17.9 Å². The van der Waals surface area contributed by atoms with Gasteiger partial charge in [-0.25, -0.2) is 9.97 Å². The van der Waals surface area contributed by atoms with E-state index in [4.69, 9.17) is 9.97 Å². The Morgan fingerprint density at radius 2 is 1.69 bits per heavy atom. The molecular weight excluding hydrogens is 324 g/mol. The minimum atomic E-state index is 0.320. The zero-order valence-electron chi connectivity index (χ0n) is 16.6. The van der Waals surface area contributed by atoms with Crippen LogP contribution in [0.25, 0.3) is 11.0 Å². The smallest absolute Gasteiger partial charge is 0.163 e. The molecule has 0 spiro atoms. The maximum atomic E-state index is 4.94. The molecule has 0 bridgehead atoms. The second-order valence-electron chi connectivity index (χ2n) is 8.37. The molecule has 2 saturated heterocycles. The SMILES string of the molecule is CC(C)c1nc(N2CCC([C@H](C)N3CCCC3)CC2)c2cnn(C)c2n1. The fourth-order valence-electron chi connectivity index (χ4n) is 4.56. The number of anilines is 1. The molecule has 6 nitrogen and oxygen atoms in total. The van der Waals surface area contributed by atoms with Crippen LogP contribution in [0.1, 0.15) is 58.2 Å². The molecule has 0 unspecified atom stereocenters. The molecule has 0 aromatic carbocycles. The van der Waals surface area contributed by atoms with Crippen LogP contribution in [0.15, 0.2) is 6.20 Å². The van der Waals surface area contributed by atoms with Gasteiger partial charge in [0.2, 0.25) is 0 Å². The van der Waals surface area contributed by atoms with Crippen molar-refractivity contribution in [1.82, 2.24) is 24.6 Å². The summed E-state index contributed by atoms with van der Waals surface area (Å²) in [6.45, 7) is 11.5. The van der Waals surface area contributed by atoms with Gasteiger partial charge < -0.3 is 9.80 Å². The first-order valence-electron chi connectivity index (χ1n) is 10.2. The van der Waals surface area contributed by atoms with E-state index >= 15 is 0 Å². The molecule has 0 amide bonds. The van der Waals surface area contributed by atoms with Gasteiger partial charge in [-0.3, -0.25) is 4.68 Å². The van der Waals surface area contributed by atoms with Crippen molar-refractivity contribution in [2.45, 2.75) is 58.4 Å². The second-order valence-corrected chi connectivity index (χ2v) is 8.37. The maximum absolute atomic E-state index is 4.94. The molecule has 2 fully saturated rings. The topological polar surface area (TPSA) is 50.1 Å². The third kappa shape index (κ3) is 3.20. The molecule has 6 heteroatoms. The lowest BCUT2D eigenvalue weighted by Crippen LogP contribution is -2.43. The molecule has 0 saturated carbocycles. The number of hydrogen-bond donors (Lipinski definition) is 0. The lowest BCUT2D eigenvalue weighted by molar-refractivity contribution is 0.167. The van der Waals surface area contributed by atoms with E-state index in [9.17, 15) is 0 Å². The monoisotopic (exact) mass is 356 g/mol. The molecular formula is C20H32N6. The predicted octanol–water partition coefficient (Wildman–Crippen LogP) is 3.19. The molecule has 4 rings (SSSR count). The number of rotatable bonds is 4. The largest absolute Gasteiger partial charge is 0.356 e. The fourth-order valence-corrected chi connectivity index (χ4v) is 4.56. The summed E-state index contributed by atoms with van der Waals surface area (Å²) in [6, 6.07) is 0.717. The van der Waals surface area contributed by atoms with Gasteiger partial charge in [0.15, 0.2) is 5.65 Å². The fraction of sp³-hybridized carbons (Fsp3) is 0.750. The maximum Gasteiger partial charge on any atom is 0.163 e. The minimum absolute atomic E-state index is 0.320. The summed E-state index contributed by atoms with van der Waals surface area (Å²) < 4.78 is 1.87. The molecule has 142 valence electrons. The van der Waals surface area contributed by atoms with Gasteiger partial charge in [-0.2, -0.15) is 5.10 Å². The summed E-state index contributed by atoms with van der Waals surface area (Å²) in [5.41, 5.74) is 0.950. The third-order valence-corrected chi connectivity index (χ3v) is 6.34. The van der Waals surface area contributed by atoms with Crippen LogP contribution in [0.5, 0.6) is 0 Å². The summed E-state index contributed by atoms with van der Waals surface area (Å²) in [5.74, 6) is 3.13. The van der Waals surface area contributed by atoms with Crippen molar-refractivity contribution in [2.75, 3.05) is 31.1 Å². The van der Waals surface area contributed by atoms with E-state index in [0.717, 1.165) is 47.7 Å². The average molecular weight is 357 g/mol. The van der Waals surface area contributed by atoms with Gasteiger partial charge in [-0.1, -0.05) is 13.8 Å². The van der Waals surface area contributed by atoms with Crippen molar-refractivity contribution in [2.24, 2.45) is 13.0 Å². The second kappa shape index (κ2) is 7.14. The van der Waals surface area contributed by atoms with Crippen molar-refractivity contribution in [1.29, 1.82) is 0 Å². The van der Waals surface area contributed by atoms with E-state index in [2.05, 4.69) is 35.7 Å². The van der Waals surface area contributed by atoms with Crippen molar-refractivity contribution >= 4 is 16.9 Å². The van der Waals surface area contributed by atoms with Crippen LogP contribution < -0.4 is 4.90 Å². The Labute approximate surface area is 156 Å². The first kappa shape index (κ1) is 17.7. The van der Waals surface area contributed by atoms with Crippen LogP contribution in [-0.2, 0) is 7.05 Å². The van der Waals surface area contributed by atoms with Gasteiger partial charge in [0.1, 0.15) is 11.6 Å². The Bertz CT molecular complexity index is 753. The summed E-state index contributed by atoms with van der Waals surface area (Å²) in [4.78, 5) is 14.8. The number of aromatic nitrogens is 4. The molecule has 2 aromatic rings. The highest BCUT2D eigenvalue weighted by Gasteiger charge is 2.30. The van der Waals surface area contributed by atoms with Crippen LogP contribution in [0, 0.1) is 5.92 Å². The zero-order chi connectivity index (χ0) is 18.3. The summed E-state index contributed by atoms with van der Waals surface area (Å²) in [5, 5.41) is 5.51. The lowest BCUT2D eigenvalue weighted by atomic mass is 9.89. The first-order chi connectivity index (χ1) is 12.5. The zero-order valence-corrected chi connectivity index (χ0v) is 16.6. The Hall–Kier alpha value is -1.69. The third-order valence-electron chi connectivity index (χ3n) is 6.34. The molecule has 2 aliphatic heterocycles. The number of aryl methyl sites for hydroxylation is 1. The molecule has 2 aromatic heterocycles. The Morgan fingerprint density at radius 1 is 1.00 bits per heavy atom.